The minimum atomic E-state index is -0.922. The number of aliphatic carboxylic acids is 1. The normalized spacial score (nSPS) is 18.7. The number of carboxylic acids is 1. The highest BCUT2D eigenvalue weighted by Gasteiger charge is 2.37. The van der Waals surface area contributed by atoms with Crippen molar-refractivity contribution in [1.82, 2.24) is 4.90 Å². The van der Waals surface area contributed by atoms with E-state index in [0.717, 1.165) is 38.5 Å². The fourth-order valence-electron chi connectivity index (χ4n) is 2.98. The molecule has 0 heterocycles. The molecule has 0 aromatic carbocycles. The Kier molecular flexibility index (Phi) is 6.49. The van der Waals surface area contributed by atoms with Crippen molar-refractivity contribution in [3.8, 4) is 0 Å². The smallest absolute Gasteiger partial charge is 0.411 e. The zero-order valence-corrected chi connectivity index (χ0v) is 13.7. The molecule has 1 fully saturated rings. The van der Waals surface area contributed by atoms with Gasteiger partial charge in [-0.15, -0.1) is 0 Å². The lowest BCUT2D eigenvalue weighted by Crippen LogP contribution is -2.50. The summed E-state index contributed by atoms with van der Waals surface area (Å²) < 4.78 is 5.37. The monoisotopic (exact) mass is 299 g/mol. The average molecular weight is 299 g/mol. The van der Waals surface area contributed by atoms with Crippen molar-refractivity contribution in [1.29, 1.82) is 0 Å². The number of rotatable bonds is 4. The summed E-state index contributed by atoms with van der Waals surface area (Å²) >= 11 is 0. The summed E-state index contributed by atoms with van der Waals surface area (Å²) in [5.41, 5.74) is -0.614. The zero-order valence-electron chi connectivity index (χ0n) is 13.7. The predicted octanol–water partition coefficient (Wildman–Crippen LogP) is 3.67. The molecular weight excluding hydrogens is 270 g/mol. The van der Waals surface area contributed by atoms with Gasteiger partial charge in [0.05, 0.1) is 0 Å². The van der Waals surface area contributed by atoms with Gasteiger partial charge >= 0.3 is 12.1 Å². The molecule has 1 unspecified atom stereocenters. The van der Waals surface area contributed by atoms with Gasteiger partial charge in [-0.1, -0.05) is 25.7 Å². The Morgan fingerprint density at radius 1 is 1.19 bits per heavy atom. The largest absolute Gasteiger partial charge is 0.480 e. The SMILES string of the molecule is CCN(C(=O)OC(C)(C)C)C(C(=O)O)C1CCCCCC1. The first-order valence-electron chi connectivity index (χ1n) is 7.98. The number of carbonyl (C=O) groups excluding carboxylic acids is 1. The van der Waals surface area contributed by atoms with Gasteiger partial charge in [-0.25, -0.2) is 9.59 Å². The van der Waals surface area contributed by atoms with Crippen LogP contribution in [0.25, 0.3) is 0 Å². The Morgan fingerprint density at radius 3 is 2.10 bits per heavy atom. The van der Waals surface area contributed by atoms with Gasteiger partial charge in [-0.3, -0.25) is 4.90 Å². The minimum absolute atomic E-state index is 0.0254. The van der Waals surface area contributed by atoms with Crippen molar-refractivity contribution in [2.45, 2.75) is 77.9 Å². The third-order valence-corrected chi connectivity index (χ3v) is 3.90. The maximum Gasteiger partial charge on any atom is 0.411 e. The van der Waals surface area contributed by atoms with Crippen molar-refractivity contribution in [3.05, 3.63) is 0 Å². The van der Waals surface area contributed by atoms with E-state index < -0.39 is 23.7 Å². The van der Waals surface area contributed by atoms with Crippen LogP contribution in [0.3, 0.4) is 0 Å². The molecule has 0 radical (unpaired) electrons. The third kappa shape index (κ3) is 5.56. The van der Waals surface area contributed by atoms with Gasteiger partial charge in [0, 0.05) is 6.54 Å². The molecule has 0 bridgehead atoms. The van der Waals surface area contributed by atoms with Gasteiger partial charge in [-0.05, 0) is 46.5 Å². The van der Waals surface area contributed by atoms with E-state index in [1.165, 1.54) is 4.90 Å². The molecule has 5 heteroatoms. The fraction of sp³-hybridized carbons (Fsp3) is 0.875. The van der Waals surface area contributed by atoms with E-state index >= 15 is 0 Å². The predicted molar refractivity (Wildman–Crippen MR) is 81.2 cm³/mol. The van der Waals surface area contributed by atoms with Crippen molar-refractivity contribution in [3.63, 3.8) is 0 Å². The standard InChI is InChI=1S/C16H29NO4/c1-5-17(15(20)21-16(2,3)4)13(14(18)19)12-10-8-6-7-9-11-12/h12-13H,5-11H2,1-4H3,(H,18,19). The highest BCUT2D eigenvalue weighted by atomic mass is 16.6. The third-order valence-electron chi connectivity index (χ3n) is 3.90. The van der Waals surface area contributed by atoms with E-state index in [1.807, 2.05) is 0 Å². The number of hydrogen-bond donors (Lipinski definition) is 1. The Bertz CT molecular complexity index is 354. The topological polar surface area (TPSA) is 66.8 Å². The van der Waals surface area contributed by atoms with Crippen molar-refractivity contribution < 1.29 is 19.4 Å². The maximum atomic E-state index is 12.3. The molecule has 1 atom stereocenters. The van der Waals surface area contributed by atoms with E-state index in [9.17, 15) is 14.7 Å². The summed E-state index contributed by atoms with van der Waals surface area (Å²) in [5, 5.41) is 9.62. The first-order chi connectivity index (χ1) is 9.76. The van der Waals surface area contributed by atoms with Crippen molar-refractivity contribution in [2.75, 3.05) is 6.54 Å². The lowest BCUT2D eigenvalue weighted by molar-refractivity contribution is -0.145. The number of nitrogens with zero attached hydrogens (tertiary/aromatic N) is 1. The van der Waals surface area contributed by atoms with Crippen LogP contribution in [-0.4, -0.2) is 40.3 Å². The van der Waals surface area contributed by atoms with Gasteiger partial charge in [0.25, 0.3) is 0 Å². The quantitative estimate of drug-likeness (QED) is 0.804. The summed E-state index contributed by atoms with van der Waals surface area (Å²) in [6, 6.07) is -0.775. The fourth-order valence-corrected chi connectivity index (χ4v) is 2.98. The Morgan fingerprint density at radius 2 is 1.71 bits per heavy atom. The summed E-state index contributed by atoms with van der Waals surface area (Å²) in [6.07, 6.45) is 5.61. The van der Waals surface area contributed by atoms with Crippen molar-refractivity contribution >= 4 is 12.1 Å². The molecule has 21 heavy (non-hydrogen) atoms. The lowest BCUT2D eigenvalue weighted by atomic mass is 9.91. The van der Waals surface area contributed by atoms with Crippen molar-refractivity contribution in [2.24, 2.45) is 5.92 Å². The second-order valence-electron chi connectivity index (χ2n) is 6.80. The zero-order chi connectivity index (χ0) is 16.0. The highest BCUT2D eigenvalue weighted by Crippen LogP contribution is 2.29. The highest BCUT2D eigenvalue weighted by molar-refractivity contribution is 5.80. The Labute approximate surface area is 127 Å². The minimum Gasteiger partial charge on any atom is -0.480 e. The van der Waals surface area contributed by atoms with Crippen LogP contribution < -0.4 is 0 Å². The van der Waals surface area contributed by atoms with Gasteiger partial charge in [0.2, 0.25) is 0 Å². The molecule has 0 spiro atoms. The molecule has 1 aliphatic rings. The summed E-state index contributed by atoms with van der Waals surface area (Å²) in [5.74, 6) is -0.896. The van der Waals surface area contributed by atoms with E-state index in [-0.39, 0.29) is 5.92 Å². The number of carboxylic acid groups (broad SMARTS) is 1. The molecular formula is C16H29NO4. The molecule has 0 aromatic heterocycles. The van der Waals surface area contributed by atoms with Crippen LogP contribution in [0.1, 0.15) is 66.2 Å². The molecule has 5 nitrogen and oxygen atoms in total. The number of amides is 1. The van der Waals surface area contributed by atoms with E-state index in [0.29, 0.717) is 6.54 Å². The lowest BCUT2D eigenvalue weighted by Gasteiger charge is -2.34. The first-order valence-corrected chi connectivity index (χ1v) is 7.98. The molecule has 1 amide bonds. The van der Waals surface area contributed by atoms with Crippen LogP contribution in [0.2, 0.25) is 0 Å². The molecule has 122 valence electrons. The van der Waals surface area contributed by atoms with Crippen LogP contribution in [0, 0.1) is 5.92 Å². The summed E-state index contributed by atoms with van der Waals surface area (Å²) in [4.78, 5) is 25.4. The number of hydrogen-bond acceptors (Lipinski definition) is 3. The van der Waals surface area contributed by atoms with Crippen LogP contribution in [0.15, 0.2) is 0 Å². The van der Waals surface area contributed by atoms with E-state index in [2.05, 4.69) is 0 Å². The average Bonchev–Trinajstić information content (AvgIpc) is 2.61. The number of ether oxygens (including phenoxy) is 1. The van der Waals surface area contributed by atoms with E-state index in [1.54, 1.807) is 27.7 Å². The molecule has 1 saturated carbocycles. The summed E-state index contributed by atoms with van der Waals surface area (Å²) in [7, 11) is 0. The molecule has 0 aromatic rings. The molecule has 1 N–H and O–H groups in total. The van der Waals surface area contributed by atoms with Crippen LogP contribution in [-0.2, 0) is 9.53 Å². The van der Waals surface area contributed by atoms with Gasteiger partial charge < -0.3 is 9.84 Å². The first kappa shape index (κ1) is 17.8. The second kappa shape index (κ2) is 7.66. The molecule has 0 saturated heterocycles. The Balaban J connectivity index is 2.89. The summed E-state index contributed by atoms with van der Waals surface area (Å²) in [6.45, 7) is 7.53. The van der Waals surface area contributed by atoms with E-state index in [4.69, 9.17) is 4.74 Å². The molecule has 1 aliphatic carbocycles. The van der Waals surface area contributed by atoms with Gasteiger partial charge in [0.15, 0.2) is 0 Å². The number of carbonyl (C=O) groups is 2. The second-order valence-corrected chi connectivity index (χ2v) is 6.80. The van der Waals surface area contributed by atoms with Crippen LogP contribution >= 0.6 is 0 Å². The van der Waals surface area contributed by atoms with Crippen LogP contribution in [0.4, 0.5) is 4.79 Å². The van der Waals surface area contributed by atoms with Gasteiger partial charge in [-0.2, -0.15) is 0 Å². The molecule has 1 rings (SSSR count). The number of likely N-dealkylation sites (N-methyl/N-ethyl adjacent to an activating group) is 1. The Hall–Kier alpha value is -1.26. The van der Waals surface area contributed by atoms with Crippen LogP contribution in [0.5, 0.6) is 0 Å². The van der Waals surface area contributed by atoms with Gasteiger partial charge in [0.1, 0.15) is 11.6 Å². The maximum absolute atomic E-state index is 12.3. The molecule has 0 aliphatic heterocycles.